The summed E-state index contributed by atoms with van der Waals surface area (Å²) in [6, 6.07) is 18.2. The van der Waals surface area contributed by atoms with Crippen LogP contribution in [0.2, 0.25) is 5.02 Å². The molecule has 0 heterocycles. The molecule has 0 saturated carbocycles. The number of nitrogens with zero attached hydrogens (tertiary/aromatic N) is 1. The molecule has 0 radical (unpaired) electrons. The second-order valence-corrected chi connectivity index (χ2v) is 9.66. The number of hydrogen-bond donors (Lipinski definition) is 1. The molecule has 180 valence electrons. The van der Waals surface area contributed by atoms with Gasteiger partial charge >= 0.3 is 0 Å². The fourth-order valence-corrected chi connectivity index (χ4v) is 4.31. The Morgan fingerprint density at radius 3 is 2.54 bits per heavy atom. The number of benzene rings is 3. The van der Waals surface area contributed by atoms with E-state index in [1.54, 1.807) is 24.3 Å². The van der Waals surface area contributed by atoms with Crippen molar-refractivity contribution in [1.82, 2.24) is 0 Å². The number of carbonyl (C=O) groups is 1. The SMILES string of the molecule is CCOc1cc(/C=C(\C#N)C(=O)Nc2cc(Cl)ccc2OC)cc(I)c1OCc1ccc(Br)cc1. The zero-order chi connectivity index (χ0) is 25.4. The number of halogens is 3. The number of carbonyl (C=O) groups excluding carboxylic acids is 1. The minimum absolute atomic E-state index is 0.0891. The maximum absolute atomic E-state index is 12.8. The lowest BCUT2D eigenvalue weighted by atomic mass is 10.1. The molecule has 0 fully saturated rings. The summed E-state index contributed by atoms with van der Waals surface area (Å²) in [5.41, 5.74) is 1.91. The number of anilines is 1. The predicted molar refractivity (Wildman–Crippen MR) is 149 cm³/mol. The molecule has 35 heavy (non-hydrogen) atoms. The van der Waals surface area contributed by atoms with E-state index >= 15 is 0 Å². The van der Waals surface area contributed by atoms with Crippen molar-refractivity contribution in [3.05, 3.63) is 84.4 Å². The lowest BCUT2D eigenvalue weighted by molar-refractivity contribution is -0.112. The molecule has 0 atom stereocenters. The highest BCUT2D eigenvalue weighted by Crippen LogP contribution is 2.36. The fourth-order valence-electron chi connectivity index (χ4n) is 3.09. The average Bonchev–Trinajstić information content (AvgIpc) is 2.83. The first-order valence-corrected chi connectivity index (χ1v) is 12.7. The predicted octanol–water partition coefficient (Wildman–Crippen LogP) is 7.24. The van der Waals surface area contributed by atoms with Gasteiger partial charge in [0.2, 0.25) is 0 Å². The van der Waals surface area contributed by atoms with Crippen LogP contribution < -0.4 is 19.5 Å². The van der Waals surface area contributed by atoms with Gasteiger partial charge < -0.3 is 19.5 Å². The molecular weight excluding hydrogens is 647 g/mol. The normalized spacial score (nSPS) is 10.9. The highest BCUT2D eigenvalue weighted by Gasteiger charge is 2.16. The Kier molecular flexibility index (Phi) is 9.83. The molecule has 0 aliphatic carbocycles. The van der Waals surface area contributed by atoms with E-state index < -0.39 is 5.91 Å². The molecule has 9 heteroatoms. The number of nitrogens with one attached hydrogen (secondary N) is 1. The van der Waals surface area contributed by atoms with Gasteiger partial charge in [-0.25, -0.2) is 0 Å². The topological polar surface area (TPSA) is 80.6 Å². The standard InChI is InChI=1S/C26H21BrClIN2O4/c1-3-34-24-12-17(11-21(29)25(24)35-15-16-4-6-19(27)7-5-16)10-18(14-30)26(32)31-22-13-20(28)8-9-23(22)33-2/h4-13H,3,15H2,1-2H3,(H,31,32)/b18-10+. The zero-order valence-corrected chi connectivity index (χ0v) is 23.4. The molecule has 1 N–H and O–H groups in total. The zero-order valence-electron chi connectivity index (χ0n) is 18.9. The van der Waals surface area contributed by atoms with Crippen LogP contribution in [-0.2, 0) is 11.4 Å². The Hall–Kier alpha value is -2.74. The first-order valence-electron chi connectivity index (χ1n) is 10.4. The van der Waals surface area contributed by atoms with Gasteiger partial charge in [0.25, 0.3) is 5.91 Å². The Balaban J connectivity index is 1.86. The van der Waals surface area contributed by atoms with Gasteiger partial charge in [-0.2, -0.15) is 5.26 Å². The summed E-state index contributed by atoms with van der Waals surface area (Å²) < 4.78 is 18.9. The lowest BCUT2D eigenvalue weighted by Crippen LogP contribution is -2.14. The molecule has 1 amide bonds. The quantitative estimate of drug-likeness (QED) is 0.148. The third-order valence-electron chi connectivity index (χ3n) is 4.71. The first kappa shape index (κ1) is 26.9. The molecule has 0 spiro atoms. The largest absolute Gasteiger partial charge is 0.495 e. The van der Waals surface area contributed by atoms with Gasteiger partial charge in [0.05, 0.1) is 23.0 Å². The lowest BCUT2D eigenvalue weighted by Gasteiger charge is -2.15. The molecule has 0 aromatic heterocycles. The molecule has 0 bridgehead atoms. The number of ether oxygens (including phenoxy) is 3. The summed E-state index contributed by atoms with van der Waals surface area (Å²) in [7, 11) is 1.48. The van der Waals surface area contributed by atoms with E-state index in [9.17, 15) is 10.1 Å². The van der Waals surface area contributed by atoms with Crippen molar-refractivity contribution in [2.24, 2.45) is 0 Å². The third-order valence-corrected chi connectivity index (χ3v) is 6.28. The van der Waals surface area contributed by atoms with E-state index in [-0.39, 0.29) is 5.57 Å². The number of nitriles is 1. The second kappa shape index (κ2) is 12.8. The molecule has 0 unspecified atom stereocenters. The molecule has 3 aromatic carbocycles. The van der Waals surface area contributed by atoms with Crippen LogP contribution in [0.4, 0.5) is 5.69 Å². The average molecular weight is 668 g/mol. The first-order chi connectivity index (χ1) is 16.8. The van der Waals surface area contributed by atoms with Crippen molar-refractivity contribution >= 4 is 67.8 Å². The van der Waals surface area contributed by atoms with Crippen LogP contribution in [0.3, 0.4) is 0 Å². The Bertz CT molecular complexity index is 1290. The second-order valence-electron chi connectivity index (χ2n) is 7.15. The van der Waals surface area contributed by atoms with Gasteiger partial charge in [0.15, 0.2) is 11.5 Å². The number of methoxy groups -OCH3 is 1. The van der Waals surface area contributed by atoms with Crippen molar-refractivity contribution in [3.8, 4) is 23.3 Å². The summed E-state index contributed by atoms with van der Waals surface area (Å²) in [6.07, 6.45) is 1.50. The third kappa shape index (κ3) is 7.37. The van der Waals surface area contributed by atoms with Crippen LogP contribution in [0.15, 0.2) is 64.6 Å². The van der Waals surface area contributed by atoms with Crippen molar-refractivity contribution in [2.75, 3.05) is 19.0 Å². The van der Waals surface area contributed by atoms with Crippen molar-refractivity contribution < 1.29 is 19.0 Å². The Morgan fingerprint density at radius 1 is 1.14 bits per heavy atom. The van der Waals surface area contributed by atoms with Gasteiger partial charge in [0.1, 0.15) is 24.0 Å². The number of amides is 1. The molecule has 0 aliphatic heterocycles. The van der Waals surface area contributed by atoms with Crippen molar-refractivity contribution in [1.29, 1.82) is 5.26 Å². The van der Waals surface area contributed by atoms with Gasteiger partial charge in [-0.05, 0) is 89.2 Å². The summed E-state index contributed by atoms with van der Waals surface area (Å²) in [6.45, 7) is 2.67. The van der Waals surface area contributed by atoms with E-state index in [1.165, 1.54) is 13.2 Å². The summed E-state index contributed by atoms with van der Waals surface area (Å²) in [5, 5.41) is 12.8. The van der Waals surface area contributed by atoms with Crippen LogP contribution in [0, 0.1) is 14.9 Å². The number of rotatable bonds is 9. The molecule has 3 aromatic rings. The van der Waals surface area contributed by atoms with Crippen LogP contribution in [0.5, 0.6) is 17.2 Å². The molecular formula is C26H21BrClIN2O4. The monoisotopic (exact) mass is 666 g/mol. The minimum atomic E-state index is -0.586. The Morgan fingerprint density at radius 2 is 1.89 bits per heavy atom. The molecule has 3 rings (SSSR count). The van der Waals surface area contributed by atoms with Gasteiger partial charge in [-0.1, -0.05) is 39.7 Å². The van der Waals surface area contributed by atoms with Crippen LogP contribution >= 0.6 is 50.1 Å². The van der Waals surface area contributed by atoms with E-state index in [4.69, 9.17) is 25.8 Å². The fraction of sp³-hybridized carbons (Fsp3) is 0.154. The van der Waals surface area contributed by atoms with Crippen molar-refractivity contribution in [3.63, 3.8) is 0 Å². The van der Waals surface area contributed by atoms with E-state index in [1.807, 2.05) is 43.3 Å². The van der Waals surface area contributed by atoms with Crippen LogP contribution in [-0.4, -0.2) is 19.6 Å². The smallest absolute Gasteiger partial charge is 0.266 e. The molecule has 0 saturated heterocycles. The highest BCUT2D eigenvalue weighted by molar-refractivity contribution is 14.1. The van der Waals surface area contributed by atoms with E-state index in [2.05, 4.69) is 43.8 Å². The summed E-state index contributed by atoms with van der Waals surface area (Å²) in [4.78, 5) is 12.8. The number of hydrogen-bond acceptors (Lipinski definition) is 5. The Labute approximate surface area is 231 Å². The van der Waals surface area contributed by atoms with Crippen LogP contribution in [0.25, 0.3) is 6.08 Å². The maximum Gasteiger partial charge on any atom is 0.266 e. The highest BCUT2D eigenvalue weighted by atomic mass is 127. The van der Waals surface area contributed by atoms with E-state index in [0.717, 1.165) is 13.6 Å². The van der Waals surface area contributed by atoms with Gasteiger partial charge in [-0.3, -0.25) is 4.79 Å². The summed E-state index contributed by atoms with van der Waals surface area (Å²) >= 11 is 11.6. The minimum Gasteiger partial charge on any atom is -0.495 e. The molecule has 6 nitrogen and oxygen atoms in total. The summed E-state index contributed by atoms with van der Waals surface area (Å²) in [5.74, 6) is 0.966. The maximum atomic E-state index is 12.8. The van der Waals surface area contributed by atoms with Gasteiger partial charge in [-0.15, -0.1) is 0 Å². The molecule has 0 aliphatic rings. The van der Waals surface area contributed by atoms with Crippen LogP contribution in [0.1, 0.15) is 18.1 Å². The van der Waals surface area contributed by atoms with E-state index in [0.29, 0.717) is 46.7 Å². The van der Waals surface area contributed by atoms with Gasteiger partial charge in [0, 0.05) is 9.50 Å². The van der Waals surface area contributed by atoms with Crippen molar-refractivity contribution in [2.45, 2.75) is 13.5 Å².